The molecule has 0 fully saturated rings. The number of nitrogens with zero attached hydrogens (tertiary/aromatic N) is 3. The first-order chi connectivity index (χ1) is 12.8. The lowest BCUT2D eigenvalue weighted by atomic mass is 10.1. The Morgan fingerprint density at radius 2 is 1.58 bits per heavy atom. The number of hydrogen-bond donors (Lipinski definition) is 0. The zero-order valence-electron chi connectivity index (χ0n) is 16.2. The monoisotopic (exact) mass is 355 g/mol. The summed E-state index contributed by atoms with van der Waals surface area (Å²) in [4.78, 5) is 12.3. The summed E-state index contributed by atoms with van der Waals surface area (Å²) < 4.78 is 1.45. The highest BCUT2D eigenvalue weighted by Crippen LogP contribution is 2.13. The summed E-state index contributed by atoms with van der Waals surface area (Å²) in [7, 11) is 0. The third-order valence-electron chi connectivity index (χ3n) is 4.74. The molecule has 0 radical (unpaired) electrons. The van der Waals surface area contributed by atoms with Crippen molar-refractivity contribution in [3.05, 3.63) is 36.4 Å². The maximum absolute atomic E-state index is 12.3. The van der Waals surface area contributed by atoms with Crippen molar-refractivity contribution < 1.29 is 4.79 Å². The first-order valence-electron chi connectivity index (χ1n) is 10.3. The molecule has 0 atom stereocenters. The molecule has 142 valence electrons. The van der Waals surface area contributed by atoms with E-state index in [0.29, 0.717) is 6.42 Å². The minimum atomic E-state index is 0.0460. The van der Waals surface area contributed by atoms with Gasteiger partial charge >= 0.3 is 0 Å². The standard InChI is InChI=1S/C22H33N3O/c1-2-3-4-5-6-7-8-9-10-11-12-13-14-19-22(26)25-21-18-16-15-17-20(21)23-24-25/h7-8,15-18H,2-6,9-14,19H2,1H3/b8-7+. The number of fused-ring (bicyclic) bond motifs is 1. The lowest BCUT2D eigenvalue weighted by Crippen LogP contribution is -2.12. The Balaban J connectivity index is 1.49. The number of rotatable bonds is 13. The van der Waals surface area contributed by atoms with Crippen LogP contribution in [0.5, 0.6) is 0 Å². The van der Waals surface area contributed by atoms with E-state index in [-0.39, 0.29) is 5.91 Å². The molecule has 1 heterocycles. The minimum Gasteiger partial charge on any atom is -0.273 e. The maximum Gasteiger partial charge on any atom is 0.248 e. The molecule has 0 bridgehead atoms. The van der Waals surface area contributed by atoms with Crippen LogP contribution in [0.1, 0.15) is 88.8 Å². The smallest absolute Gasteiger partial charge is 0.248 e. The topological polar surface area (TPSA) is 47.8 Å². The van der Waals surface area contributed by atoms with Crippen LogP contribution in [0.15, 0.2) is 36.4 Å². The van der Waals surface area contributed by atoms with Crippen molar-refractivity contribution in [1.82, 2.24) is 15.0 Å². The van der Waals surface area contributed by atoms with E-state index in [1.54, 1.807) is 0 Å². The predicted octanol–water partition coefficient (Wildman–Crippen LogP) is 6.33. The second-order valence-electron chi connectivity index (χ2n) is 7.01. The highest BCUT2D eigenvalue weighted by Gasteiger charge is 2.10. The molecule has 0 spiro atoms. The number of unbranched alkanes of at least 4 members (excludes halogenated alkanes) is 9. The molecule has 1 aromatic heterocycles. The summed E-state index contributed by atoms with van der Waals surface area (Å²) in [5.74, 6) is 0.0460. The van der Waals surface area contributed by atoms with Gasteiger partial charge in [0.1, 0.15) is 5.52 Å². The van der Waals surface area contributed by atoms with Gasteiger partial charge in [-0.2, -0.15) is 4.68 Å². The molecule has 4 nitrogen and oxygen atoms in total. The molecule has 1 aromatic carbocycles. The Bertz CT molecular complexity index is 675. The maximum atomic E-state index is 12.3. The molecule has 2 rings (SSSR count). The molecule has 0 unspecified atom stereocenters. The van der Waals surface area contributed by atoms with Crippen molar-refractivity contribution >= 4 is 16.9 Å². The molecule has 0 amide bonds. The largest absolute Gasteiger partial charge is 0.273 e. The fraction of sp³-hybridized carbons (Fsp3) is 0.591. The van der Waals surface area contributed by atoms with Gasteiger partial charge in [0.2, 0.25) is 5.91 Å². The Morgan fingerprint density at radius 3 is 2.35 bits per heavy atom. The van der Waals surface area contributed by atoms with Gasteiger partial charge in [0.05, 0.1) is 5.52 Å². The molecular weight excluding hydrogens is 322 g/mol. The highest BCUT2D eigenvalue weighted by atomic mass is 16.2. The predicted molar refractivity (Wildman–Crippen MR) is 108 cm³/mol. The van der Waals surface area contributed by atoms with Gasteiger partial charge < -0.3 is 0 Å². The summed E-state index contributed by atoms with van der Waals surface area (Å²) >= 11 is 0. The second-order valence-corrected chi connectivity index (χ2v) is 7.01. The van der Waals surface area contributed by atoms with Crippen molar-refractivity contribution in [3.63, 3.8) is 0 Å². The van der Waals surface area contributed by atoms with Crippen LogP contribution in [0.4, 0.5) is 0 Å². The molecule has 0 aliphatic heterocycles. The fourth-order valence-corrected chi connectivity index (χ4v) is 3.15. The number of hydrogen-bond acceptors (Lipinski definition) is 3. The number of para-hydroxylation sites is 1. The molecule has 4 heteroatoms. The molecule has 0 saturated carbocycles. The third kappa shape index (κ3) is 7.11. The van der Waals surface area contributed by atoms with E-state index in [9.17, 15) is 4.79 Å². The average Bonchev–Trinajstić information content (AvgIpc) is 3.09. The summed E-state index contributed by atoms with van der Waals surface area (Å²) in [6.07, 6.45) is 18.8. The Labute approximate surface area is 157 Å². The zero-order valence-corrected chi connectivity index (χ0v) is 16.2. The van der Waals surface area contributed by atoms with Crippen LogP contribution in [-0.4, -0.2) is 20.9 Å². The van der Waals surface area contributed by atoms with Gasteiger partial charge in [0, 0.05) is 6.42 Å². The highest BCUT2D eigenvalue weighted by molar-refractivity contribution is 5.88. The number of allylic oxidation sites excluding steroid dienone is 2. The number of aromatic nitrogens is 3. The lowest BCUT2D eigenvalue weighted by molar-refractivity contribution is 0.0886. The van der Waals surface area contributed by atoms with Gasteiger partial charge in [-0.25, -0.2) is 0 Å². The molecule has 0 N–H and O–H groups in total. The summed E-state index contributed by atoms with van der Waals surface area (Å²) in [5, 5.41) is 8.02. The normalized spacial score (nSPS) is 11.6. The van der Waals surface area contributed by atoms with E-state index in [2.05, 4.69) is 29.4 Å². The summed E-state index contributed by atoms with van der Waals surface area (Å²) in [6.45, 7) is 2.25. The fourth-order valence-electron chi connectivity index (χ4n) is 3.15. The van der Waals surface area contributed by atoms with Crippen molar-refractivity contribution in [1.29, 1.82) is 0 Å². The first-order valence-corrected chi connectivity index (χ1v) is 10.3. The lowest BCUT2D eigenvalue weighted by Gasteiger charge is -2.02. The van der Waals surface area contributed by atoms with Crippen LogP contribution in [0, 0.1) is 0 Å². The van der Waals surface area contributed by atoms with Crippen LogP contribution in [0.25, 0.3) is 11.0 Å². The van der Waals surface area contributed by atoms with Gasteiger partial charge in [0.25, 0.3) is 0 Å². The Morgan fingerprint density at radius 1 is 0.923 bits per heavy atom. The summed E-state index contributed by atoms with van der Waals surface area (Å²) in [6, 6.07) is 7.60. The number of carbonyl (C=O) groups excluding carboxylic acids is 1. The SMILES string of the molecule is CCCCCC/C=C/CCCCCCCC(=O)n1nnc2ccccc21. The molecular formula is C22H33N3O. The summed E-state index contributed by atoms with van der Waals surface area (Å²) in [5.41, 5.74) is 1.58. The third-order valence-corrected chi connectivity index (χ3v) is 4.74. The van der Waals surface area contributed by atoms with Crippen LogP contribution in [0.3, 0.4) is 0 Å². The van der Waals surface area contributed by atoms with Crippen LogP contribution in [-0.2, 0) is 0 Å². The van der Waals surface area contributed by atoms with E-state index in [1.807, 2.05) is 24.3 Å². The molecule has 2 aromatic rings. The van der Waals surface area contributed by atoms with Gasteiger partial charge in [-0.15, -0.1) is 5.10 Å². The van der Waals surface area contributed by atoms with Crippen molar-refractivity contribution in [2.45, 2.75) is 84.0 Å². The minimum absolute atomic E-state index is 0.0460. The quantitative estimate of drug-likeness (QED) is 0.311. The van der Waals surface area contributed by atoms with E-state index in [0.717, 1.165) is 23.9 Å². The van der Waals surface area contributed by atoms with E-state index in [1.165, 1.54) is 62.5 Å². The Kier molecular flexibility index (Phi) is 9.70. The van der Waals surface area contributed by atoms with Crippen LogP contribution >= 0.6 is 0 Å². The van der Waals surface area contributed by atoms with E-state index < -0.39 is 0 Å². The van der Waals surface area contributed by atoms with Crippen LogP contribution < -0.4 is 0 Å². The number of benzene rings is 1. The van der Waals surface area contributed by atoms with Crippen molar-refractivity contribution in [2.24, 2.45) is 0 Å². The van der Waals surface area contributed by atoms with Gasteiger partial charge in [-0.05, 0) is 44.2 Å². The van der Waals surface area contributed by atoms with Gasteiger partial charge in [-0.1, -0.05) is 74.9 Å². The molecule has 0 aliphatic carbocycles. The van der Waals surface area contributed by atoms with Crippen molar-refractivity contribution in [3.8, 4) is 0 Å². The van der Waals surface area contributed by atoms with Gasteiger partial charge in [0.15, 0.2) is 0 Å². The first kappa shape index (κ1) is 20.3. The Hall–Kier alpha value is -1.97. The zero-order chi connectivity index (χ0) is 18.5. The average molecular weight is 356 g/mol. The van der Waals surface area contributed by atoms with E-state index >= 15 is 0 Å². The van der Waals surface area contributed by atoms with Crippen LogP contribution in [0.2, 0.25) is 0 Å². The molecule has 26 heavy (non-hydrogen) atoms. The molecule has 0 aliphatic rings. The van der Waals surface area contributed by atoms with E-state index in [4.69, 9.17) is 0 Å². The van der Waals surface area contributed by atoms with Crippen molar-refractivity contribution in [2.75, 3.05) is 0 Å². The van der Waals surface area contributed by atoms with Gasteiger partial charge in [-0.3, -0.25) is 4.79 Å². The molecule has 0 saturated heterocycles. The number of carbonyl (C=O) groups is 1. The second kappa shape index (κ2) is 12.4.